The van der Waals surface area contributed by atoms with Crippen LogP contribution in [0.3, 0.4) is 0 Å². The Balaban J connectivity index is 1.87. The van der Waals surface area contributed by atoms with Crippen molar-refractivity contribution in [3.05, 3.63) is 53.5 Å². The van der Waals surface area contributed by atoms with E-state index in [9.17, 15) is 24.2 Å². The molecule has 10 heteroatoms. The number of carbonyl (C=O) groups excluding carboxylic acids is 2. The van der Waals surface area contributed by atoms with Crippen molar-refractivity contribution in [3.63, 3.8) is 0 Å². The molecule has 0 spiro atoms. The molecule has 9 nitrogen and oxygen atoms in total. The summed E-state index contributed by atoms with van der Waals surface area (Å²) in [6, 6.07) is 6.13. The Labute approximate surface area is 209 Å². The van der Waals surface area contributed by atoms with Gasteiger partial charge < -0.3 is 30.1 Å². The maximum Gasteiger partial charge on any atom is 0.321 e. The molecule has 36 heavy (non-hydrogen) atoms. The first-order valence-corrected chi connectivity index (χ1v) is 11.6. The van der Waals surface area contributed by atoms with Crippen LogP contribution >= 0.6 is 0 Å². The van der Waals surface area contributed by atoms with Crippen molar-refractivity contribution >= 4 is 17.6 Å². The molecule has 2 aromatic rings. The molecule has 1 aliphatic rings. The van der Waals surface area contributed by atoms with Gasteiger partial charge in [-0.1, -0.05) is 18.8 Å². The van der Waals surface area contributed by atoms with Gasteiger partial charge in [-0.2, -0.15) is 0 Å². The number of benzene rings is 1. The number of halogens is 1. The van der Waals surface area contributed by atoms with Crippen molar-refractivity contribution in [1.29, 1.82) is 0 Å². The third kappa shape index (κ3) is 6.71. The number of carbonyl (C=O) groups is 2. The highest BCUT2D eigenvalue weighted by Crippen LogP contribution is 2.27. The van der Waals surface area contributed by atoms with Crippen molar-refractivity contribution < 1.29 is 28.9 Å². The summed E-state index contributed by atoms with van der Waals surface area (Å²) >= 11 is 0. The Bertz CT molecular complexity index is 1150. The van der Waals surface area contributed by atoms with E-state index in [1.165, 1.54) is 42.3 Å². The van der Waals surface area contributed by atoms with Gasteiger partial charge in [0.05, 0.1) is 19.2 Å². The van der Waals surface area contributed by atoms with Crippen LogP contribution in [0.2, 0.25) is 0 Å². The molecule has 1 aromatic heterocycles. The van der Waals surface area contributed by atoms with E-state index < -0.39 is 30.1 Å². The average Bonchev–Trinajstić information content (AvgIpc) is 2.85. The van der Waals surface area contributed by atoms with Crippen molar-refractivity contribution in [1.82, 2.24) is 14.8 Å². The summed E-state index contributed by atoms with van der Waals surface area (Å²) in [5.74, 6) is 4.53. The van der Waals surface area contributed by atoms with Crippen molar-refractivity contribution in [2.75, 3.05) is 32.1 Å². The molecule has 0 fully saturated rings. The van der Waals surface area contributed by atoms with Crippen LogP contribution in [0.4, 0.5) is 14.9 Å². The van der Waals surface area contributed by atoms with E-state index in [0.29, 0.717) is 11.3 Å². The summed E-state index contributed by atoms with van der Waals surface area (Å²) in [6.07, 6.45) is 0.0816. The van der Waals surface area contributed by atoms with E-state index in [4.69, 9.17) is 4.74 Å². The second kappa shape index (κ2) is 11.8. The van der Waals surface area contributed by atoms with Gasteiger partial charge in [-0.3, -0.25) is 4.79 Å². The summed E-state index contributed by atoms with van der Waals surface area (Å²) < 4.78 is 19.3. The van der Waals surface area contributed by atoms with Crippen molar-refractivity contribution in [3.8, 4) is 17.7 Å². The molecule has 0 radical (unpaired) electrons. The predicted octanol–water partition coefficient (Wildman–Crippen LogP) is 2.34. The van der Waals surface area contributed by atoms with E-state index >= 15 is 0 Å². The van der Waals surface area contributed by atoms with Gasteiger partial charge in [-0.25, -0.2) is 14.2 Å². The number of aliphatic hydroxyl groups is 2. The number of urea groups is 1. The number of likely N-dealkylation sites (N-methyl/N-ethyl adjacent to an activating group) is 1. The molecule has 0 aliphatic carbocycles. The minimum absolute atomic E-state index is 0.0987. The third-order valence-electron chi connectivity index (χ3n) is 5.84. The first kappa shape index (κ1) is 26.9. The van der Waals surface area contributed by atoms with Gasteiger partial charge in [0.1, 0.15) is 23.6 Å². The largest absolute Gasteiger partial charge is 0.472 e. The molecule has 3 amide bonds. The fourth-order valence-electron chi connectivity index (χ4n) is 3.68. The molecule has 0 saturated carbocycles. The van der Waals surface area contributed by atoms with Crippen LogP contribution in [0.1, 0.15) is 36.7 Å². The molecule has 1 aromatic carbocycles. The lowest BCUT2D eigenvalue weighted by Crippen LogP contribution is -2.50. The molecule has 2 heterocycles. The fraction of sp³-hybridized carbons (Fsp3) is 0.423. The van der Waals surface area contributed by atoms with Gasteiger partial charge in [-0.05, 0) is 44.2 Å². The number of aliphatic hydroxyl groups excluding tert-OH is 2. The van der Waals surface area contributed by atoms with Crippen LogP contribution in [-0.4, -0.2) is 81.9 Å². The average molecular weight is 499 g/mol. The van der Waals surface area contributed by atoms with Gasteiger partial charge in [0.25, 0.3) is 5.91 Å². The number of ether oxygens (including phenoxy) is 1. The smallest absolute Gasteiger partial charge is 0.321 e. The van der Waals surface area contributed by atoms with Crippen LogP contribution in [0.15, 0.2) is 36.5 Å². The normalized spacial score (nSPS) is 19.0. The molecule has 0 bridgehead atoms. The molecule has 0 unspecified atom stereocenters. The summed E-state index contributed by atoms with van der Waals surface area (Å²) in [7, 11) is 1.61. The van der Waals surface area contributed by atoms with E-state index in [1.807, 2.05) is 6.92 Å². The van der Waals surface area contributed by atoms with Gasteiger partial charge in [0, 0.05) is 37.0 Å². The Kier molecular flexibility index (Phi) is 8.85. The van der Waals surface area contributed by atoms with Gasteiger partial charge >= 0.3 is 6.03 Å². The van der Waals surface area contributed by atoms with E-state index in [0.717, 1.165) is 0 Å². The summed E-state index contributed by atoms with van der Waals surface area (Å²) in [5, 5.41) is 21.9. The number of nitrogens with zero attached hydrogens (tertiary/aromatic N) is 3. The number of hydrogen-bond acceptors (Lipinski definition) is 6. The highest BCUT2D eigenvalue weighted by Gasteiger charge is 2.34. The zero-order valence-corrected chi connectivity index (χ0v) is 20.7. The second-order valence-corrected chi connectivity index (χ2v) is 8.96. The number of hydrogen-bond donors (Lipinski definition) is 3. The van der Waals surface area contributed by atoms with Crippen LogP contribution in [0, 0.1) is 23.6 Å². The number of aromatic nitrogens is 1. The maximum atomic E-state index is 13.4. The van der Waals surface area contributed by atoms with E-state index in [1.54, 1.807) is 24.9 Å². The lowest BCUT2D eigenvalue weighted by Gasteiger charge is -2.37. The SMILES string of the molecule is C[C@@H]1CN([C@@H](C)CO)C(=O)c2cc(C#C[C@@H](C)O)cnc2O[C@H]1CN(C)C(=O)Nc1ccc(F)cc1. The minimum atomic E-state index is -0.841. The Morgan fingerprint density at radius 2 is 2.06 bits per heavy atom. The lowest BCUT2D eigenvalue weighted by molar-refractivity contribution is 0.0356. The number of amides is 3. The van der Waals surface area contributed by atoms with Crippen LogP contribution in [0.25, 0.3) is 0 Å². The van der Waals surface area contributed by atoms with Crippen LogP contribution in [0.5, 0.6) is 5.88 Å². The highest BCUT2D eigenvalue weighted by atomic mass is 19.1. The molecule has 0 saturated heterocycles. The topological polar surface area (TPSA) is 115 Å². The molecule has 192 valence electrons. The zero-order chi connectivity index (χ0) is 26.4. The van der Waals surface area contributed by atoms with E-state index in [2.05, 4.69) is 22.1 Å². The second-order valence-electron chi connectivity index (χ2n) is 8.96. The standard InChI is InChI=1S/C26H31FN4O5/c1-16-13-31(17(2)15-32)25(34)22-11-19(6-5-18(3)33)12-28-24(22)36-23(16)14-30(4)26(35)29-21-9-7-20(27)8-10-21/h7-12,16-18,23,32-33H,13-15H2,1-4H3,(H,29,35)/t16-,17+,18-,23+/m1/s1. The monoisotopic (exact) mass is 498 g/mol. The molecule has 3 N–H and O–H groups in total. The molecule has 3 rings (SSSR count). The third-order valence-corrected chi connectivity index (χ3v) is 5.84. The molecule has 4 atom stereocenters. The van der Waals surface area contributed by atoms with Crippen molar-refractivity contribution in [2.24, 2.45) is 5.92 Å². The van der Waals surface area contributed by atoms with Crippen molar-refractivity contribution in [2.45, 2.75) is 39.0 Å². The minimum Gasteiger partial charge on any atom is -0.472 e. The predicted molar refractivity (Wildman–Crippen MR) is 132 cm³/mol. The first-order valence-electron chi connectivity index (χ1n) is 11.6. The number of fused-ring (bicyclic) bond motifs is 1. The van der Waals surface area contributed by atoms with Gasteiger partial charge in [0.15, 0.2) is 0 Å². The number of rotatable bonds is 5. The maximum absolute atomic E-state index is 13.4. The van der Waals surface area contributed by atoms with Crippen LogP contribution in [-0.2, 0) is 0 Å². The number of anilines is 1. The van der Waals surface area contributed by atoms with E-state index in [-0.39, 0.29) is 43.0 Å². The Hall–Kier alpha value is -3.68. The first-order chi connectivity index (χ1) is 17.1. The highest BCUT2D eigenvalue weighted by molar-refractivity contribution is 5.97. The summed E-state index contributed by atoms with van der Waals surface area (Å²) in [6.45, 7) is 5.40. The molecule has 1 aliphatic heterocycles. The van der Waals surface area contributed by atoms with Gasteiger partial charge in [-0.15, -0.1) is 0 Å². The number of pyridine rings is 1. The number of nitrogens with one attached hydrogen (secondary N) is 1. The lowest BCUT2D eigenvalue weighted by atomic mass is 10.00. The molecular formula is C26H31FN4O5. The van der Waals surface area contributed by atoms with Crippen LogP contribution < -0.4 is 10.1 Å². The summed E-state index contributed by atoms with van der Waals surface area (Å²) in [5.41, 5.74) is 1.07. The fourth-order valence-corrected chi connectivity index (χ4v) is 3.68. The Morgan fingerprint density at radius 3 is 2.69 bits per heavy atom. The zero-order valence-electron chi connectivity index (χ0n) is 20.7. The summed E-state index contributed by atoms with van der Waals surface area (Å²) in [4.78, 5) is 33.4. The quantitative estimate of drug-likeness (QED) is 0.545. The Morgan fingerprint density at radius 1 is 1.36 bits per heavy atom. The molecular weight excluding hydrogens is 467 g/mol. The van der Waals surface area contributed by atoms with Gasteiger partial charge in [0.2, 0.25) is 5.88 Å².